The maximum Gasteiger partial charge on any atom is 0.245 e. The number of rotatable bonds is 19. The van der Waals surface area contributed by atoms with Crippen molar-refractivity contribution in [2.75, 3.05) is 19.6 Å². The predicted octanol–water partition coefficient (Wildman–Crippen LogP) is -1.65. The van der Waals surface area contributed by atoms with Gasteiger partial charge in [-0.05, 0) is 51.9 Å². The SMILES string of the molecule is CCC[C@H](NC(=O)[C@@H](NC(C)=O)[C@@H](C)O)C(=O)N[C@@H](C(=O)N[C@@H](CCCN=C(N)N)C(=O)N1CCC[C@H]1C(=O)NCC)[C@@H](C)CC. The van der Waals surface area contributed by atoms with E-state index in [0.29, 0.717) is 45.2 Å². The number of guanidine groups is 1. The van der Waals surface area contributed by atoms with E-state index in [1.54, 1.807) is 13.8 Å². The van der Waals surface area contributed by atoms with Crippen LogP contribution in [-0.2, 0) is 28.8 Å². The van der Waals surface area contributed by atoms with Gasteiger partial charge in [0, 0.05) is 26.6 Å². The van der Waals surface area contributed by atoms with Gasteiger partial charge in [-0.2, -0.15) is 0 Å². The fourth-order valence-electron chi connectivity index (χ4n) is 5.22. The van der Waals surface area contributed by atoms with Crippen molar-refractivity contribution >= 4 is 41.4 Å². The van der Waals surface area contributed by atoms with Crippen molar-refractivity contribution in [2.45, 2.75) is 123 Å². The minimum absolute atomic E-state index is 0.104. The number of likely N-dealkylation sites (tertiary alicyclic amines) is 1. The van der Waals surface area contributed by atoms with Crippen LogP contribution in [0.1, 0.15) is 86.5 Å². The molecule has 0 aromatic rings. The van der Waals surface area contributed by atoms with E-state index in [0.717, 1.165) is 0 Å². The zero-order valence-electron chi connectivity index (χ0n) is 28.1. The lowest BCUT2D eigenvalue weighted by Gasteiger charge is -2.31. The number of likely N-dealkylation sites (N-methyl/N-ethyl adjacent to an activating group) is 1. The second-order valence-electron chi connectivity index (χ2n) is 11.7. The first-order valence-electron chi connectivity index (χ1n) is 16.2. The predicted molar refractivity (Wildman–Crippen MR) is 173 cm³/mol. The highest BCUT2D eigenvalue weighted by Gasteiger charge is 2.39. The number of aliphatic hydroxyl groups is 1. The number of carbonyl (C=O) groups is 6. The van der Waals surface area contributed by atoms with E-state index < -0.39 is 65.8 Å². The number of hydrogen-bond donors (Lipinski definition) is 8. The summed E-state index contributed by atoms with van der Waals surface area (Å²) in [5, 5.41) is 23.3. The summed E-state index contributed by atoms with van der Waals surface area (Å²) in [6, 6.07) is -5.08. The van der Waals surface area contributed by atoms with Crippen molar-refractivity contribution in [1.29, 1.82) is 0 Å². The van der Waals surface area contributed by atoms with Crippen LogP contribution in [0.5, 0.6) is 0 Å². The van der Waals surface area contributed by atoms with E-state index in [1.165, 1.54) is 18.7 Å². The van der Waals surface area contributed by atoms with Gasteiger partial charge in [-0.3, -0.25) is 33.8 Å². The van der Waals surface area contributed by atoms with Crippen LogP contribution in [-0.4, -0.2) is 107 Å². The lowest BCUT2D eigenvalue weighted by molar-refractivity contribution is -0.142. The molecule has 0 aliphatic carbocycles. The lowest BCUT2D eigenvalue weighted by Crippen LogP contribution is -2.61. The van der Waals surface area contributed by atoms with Gasteiger partial charge in [0.25, 0.3) is 0 Å². The van der Waals surface area contributed by atoms with Crippen LogP contribution in [0.4, 0.5) is 0 Å². The summed E-state index contributed by atoms with van der Waals surface area (Å²) < 4.78 is 0. The molecule has 1 aliphatic heterocycles. The molecule has 262 valence electrons. The number of nitrogens with zero attached hydrogens (tertiary/aromatic N) is 2. The molecule has 1 aliphatic rings. The first-order chi connectivity index (χ1) is 21.7. The highest BCUT2D eigenvalue weighted by Crippen LogP contribution is 2.20. The summed E-state index contributed by atoms with van der Waals surface area (Å²) in [5.74, 6) is -3.65. The van der Waals surface area contributed by atoms with E-state index in [2.05, 4.69) is 31.6 Å². The zero-order valence-corrected chi connectivity index (χ0v) is 28.1. The Hall–Kier alpha value is -3.95. The molecule has 0 aromatic carbocycles. The molecule has 1 saturated heterocycles. The smallest absolute Gasteiger partial charge is 0.245 e. The van der Waals surface area contributed by atoms with E-state index in [4.69, 9.17) is 11.5 Å². The minimum atomic E-state index is -1.28. The van der Waals surface area contributed by atoms with Gasteiger partial charge in [0.05, 0.1) is 6.10 Å². The number of nitrogens with one attached hydrogen (secondary N) is 5. The number of aliphatic hydroxyl groups excluding tert-OH is 1. The Labute approximate surface area is 271 Å². The maximum atomic E-state index is 13.8. The molecule has 16 heteroatoms. The van der Waals surface area contributed by atoms with Crippen molar-refractivity contribution in [1.82, 2.24) is 31.5 Å². The second-order valence-corrected chi connectivity index (χ2v) is 11.7. The van der Waals surface area contributed by atoms with Gasteiger partial charge < -0.3 is 48.1 Å². The molecule has 0 radical (unpaired) electrons. The number of amides is 6. The first kappa shape index (κ1) is 40.1. The third-order valence-corrected chi connectivity index (χ3v) is 7.88. The lowest BCUT2D eigenvalue weighted by atomic mass is 9.96. The molecule has 46 heavy (non-hydrogen) atoms. The molecule has 0 spiro atoms. The average molecular weight is 654 g/mol. The third kappa shape index (κ3) is 12.8. The molecule has 0 aromatic heterocycles. The summed E-state index contributed by atoms with van der Waals surface area (Å²) in [4.78, 5) is 83.6. The molecule has 0 unspecified atom stereocenters. The van der Waals surface area contributed by atoms with E-state index in [1.807, 2.05) is 13.8 Å². The summed E-state index contributed by atoms with van der Waals surface area (Å²) in [7, 11) is 0. The normalized spacial score (nSPS) is 18.2. The molecule has 0 saturated carbocycles. The highest BCUT2D eigenvalue weighted by atomic mass is 16.3. The van der Waals surface area contributed by atoms with Crippen molar-refractivity contribution in [3.8, 4) is 0 Å². The van der Waals surface area contributed by atoms with Gasteiger partial charge in [0.1, 0.15) is 30.2 Å². The molecule has 1 rings (SSSR count). The number of carbonyl (C=O) groups excluding carboxylic acids is 6. The Balaban J connectivity index is 3.23. The third-order valence-electron chi connectivity index (χ3n) is 7.88. The van der Waals surface area contributed by atoms with Crippen molar-refractivity contribution in [2.24, 2.45) is 22.4 Å². The Morgan fingerprint density at radius 2 is 1.52 bits per heavy atom. The average Bonchev–Trinajstić information content (AvgIpc) is 3.49. The Morgan fingerprint density at radius 3 is 2.07 bits per heavy atom. The van der Waals surface area contributed by atoms with Gasteiger partial charge in [-0.15, -0.1) is 0 Å². The number of hydrogen-bond acceptors (Lipinski definition) is 8. The highest BCUT2D eigenvalue weighted by molar-refractivity contribution is 5.96. The van der Waals surface area contributed by atoms with Crippen molar-refractivity contribution in [3.05, 3.63) is 0 Å². The van der Waals surface area contributed by atoms with Gasteiger partial charge in [0.2, 0.25) is 35.4 Å². The fourth-order valence-corrected chi connectivity index (χ4v) is 5.22. The zero-order chi connectivity index (χ0) is 35.0. The molecule has 1 heterocycles. The maximum absolute atomic E-state index is 13.8. The summed E-state index contributed by atoms with van der Waals surface area (Å²) >= 11 is 0. The van der Waals surface area contributed by atoms with Gasteiger partial charge in [-0.1, -0.05) is 33.6 Å². The Morgan fingerprint density at radius 1 is 0.891 bits per heavy atom. The van der Waals surface area contributed by atoms with Gasteiger partial charge in [-0.25, -0.2) is 0 Å². The van der Waals surface area contributed by atoms with Crippen LogP contribution >= 0.6 is 0 Å². The minimum Gasteiger partial charge on any atom is -0.391 e. The summed E-state index contributed by atoms with van der Waals surface area (Å²) in [6.07, 6.45) is 1.68. The fraction of sp³-hybridized carbons (Fsp3) is 0.767. The van der Waals surface area contributed by atoms with Crippen LogP contribution in [0.2, 0.25) is 0 Å². The quantitative estimate of drug-likeness (QED) is 0.0451. The molecule has 0 bridgehead atoms. The number of aliphatic imine (C=N–C) groups is 1. The van der Waals surface area contributed by atoms with Gasteiger partial charge >= 0.3 is 0 Å². The standard InChI is InChI=1S/C30H55N9O7/c1-7-12-20(36-28(45)24(18(5)40)35-19(6)41)25(42)38-23(17(4)8-2)27(44)37-21(13-10-15-34-30(31)32)29(46)39-16-11-14-22(39)26(43)33-9-3/h17-18,20-24,40H,7-16H2,1-6H3,(H,33,43)(H,35,41)(H,36,45)(H,37,44)(H,38,42)(H4,31,32,34)/t17-,18+,20-,21-,22-,23+,24-/m0/s1. The van der Waals surface area contributed by atoms with Crippen LogP contribution in [0.25, 0.3) is 0 Å². The Bertz CT molecular complexity index is 1080. The van der Waals surface area contributed by atoms with Crippen LogP contribution in [0, 0.1) is 5.92 Å². The molecule has 7 atom stereocenters. The summed E-state index contributed by atoms with van der Waals surface area (Å²) in [5.41, 5.74) is 10.9. The molecule has 10 N–H and O–H groups in total. The van der Waals surface area contributed by atoms with E-state index >= 15 is 0 Å². The van der Waals surface area contributed by atoms with Crippen molar-refractivity contribution in [3.63, 3.8) is 0 Å². The first-order valence-corrected chi connectivity index (χ1v) is 16.2. The van der Waals surface area contributed by atoms with Crippen LogP contribution in [0.3, 0.4) is 0 Å². The monoisotopic (exact) mass is 653 g/mol. The molecular formula is C30H55N9O7. The van der Waals surface area contributed by atoms with E-state index in [9.17, 15) is 33.9 Å². The number of nitrogens with two attached hydrogens (primary N) is 2. The van der Waals surface area contributed by atoms with Crippen LogP contribution < -0.4 is 38.1 Å². The second kappa shape index (κ2) is 20.2. The summed E-state index contributed by atoms with van der Waals surface area (Å²) in [6.45, 7) is 10.8. The molecule has 16 nitrogen and oxygen atoms in total. The molecule has 6 amide bonds. The van der Waals surface area contributed by atoms with E-state index in [-0.39, 0.29) is 37.2 Å². The molecule has 1 fully saturated rings. The van der Waals surface area contributed by atoms with Crippen LogP contribution in [0.15, 0.2) is 4.99 Å². The topological polar surface area (TPSA) is 250 Å². The molecular weight excluding hydrogens is 598 g/mol. The van der Waals surface area contributed by atoms with Crippen molar-refractivity contribution < 1.29 is 33.9 Å². The van der Waals surface area contributed by atoms with Gasteiger partial charge in [0.15, 0.2) is 5.96 Å². The Kier molecular flexibility index (Phi) is 17.6. The largest absolute Gasteiger partial charge is 0.391 e.